The van der Waals surface area contributed by atoms with Crippen LogP contribution in [0.25, 0.3) is 0 Å². The Balaban J connectivity index is 0.00000182. The van der Waals surface area contributed by atoms with E-state index in [2.05, 4.69) is 0 Å². The predicted octanol–water partition coefficient (Wildman–Crippen LogP) is 0.508. The van der Waals surface area contributed by atoms with Gasteiger partial charge in [-0.15, -0.1) is 12.4 Å². The SMILES string of the molecule is Cl.N[C@H]1CCC[N+](CCOc2ccccc2)(CCOc2ccccc2)C1.[Cl-]. The van der Waals surface area contributed by atoms with Gasteiger partial charge in [0.15, 0.2) is 0 Å². The summed E-state index contributed by atoms with van der Waals surface area (Å²) >= 11 is 0. The number of ether oxygens (including phenoxy) is 2. The van der Waals surface area contributed by atoms with E-state index in [1.807, 2.05) is 60.7 Å². The summed E-state index contributed by atoms with van der Waals surface area (Å²) in [5.74, 6) is 1.87. The van der Waals surface area contributed by atoms with Gasteiger partial charge >= 0.3 is 0 Å². The van der Waals surface area contributed by atoms with Crippen molar-refractivity contribution in [3.05, 3.63) is 60.7 Å². The summed E-state index contributed by atoms with van der Waals surface area (Å²) in [5, 5.41) is 0. The van der Waals surface area contributed by atoms with Gasteiger partial charge in [-0.2, -0.15) is 0 Å². The highest BCUT2D eigenvalue weighted by Gasteiger charge is 2.33. The number of halogens is 2. The fourth-order valence-corrected chi connectivity index (χ4v) is 3.63. The normalized spacial score (nSPS) is 17.9. The van der Waals surface area contributed by atoms with Gasteiger partial charge in [-0.05, 0) is 37.1 Å². The smallest absolute Gasteiger partial charge is 0.137 e. The molecule has 1 atom stereocenters. The van der Waals surface area contributed by atoms with Gasteiger partial charge in [-0.1, -0.05) is 36.4 Å². The lowest BCUT2D eigenvalue weighted by molar-refractivity contribution is -0.933. The fraction of sp³-hybridized carbons (Fsp3) is 0.429. The van der Waals surface area contributed by atoms with Gasteiger partial charge in [0.05, 0.1) is 19.1 Å². The molecule has 1 saturated heterocycles. The van der Waals surface area contributed by atoms with Crippen LogP contribution in [0.15, 0.2) is 60.7 Å². The van der Waals surface area contributed by atoms with E-state index in [0.29, 0.717) is 13.2 Å². The molecular weight excluding hydrogens is 383 g/mol. The molecule has 0 amide bonds. The monoisotopic (exact) mass is 412 g/mol. The average molecular weight is 413 g/mol. The van der Waals surface area contributed by atoms with Crippen LogP contribution in [0.3, 0.4) is 0 Å². The van der Waals surface area contributed by atoms with Crippen molar-refractivity contribution in [2.24, 2.45) is 5.73 Å². The number of quaternary nitrogens is 1. The number of rotatable bonds is 8. The number of nitrogens with zero attached hydrogens (tertiary/aromatic N) is 1. The zero-order valence-electron chi connectivity index (χ0n) is 15.6. The first-order valence-corrected chi connectivity index (χ1v) is 9.22. The van der Waals surface area contributed by atoms with Gasteiger partial charge in [0, 0.05) is 0 Å². The van der Waals surface area contributed by atoms with Gasteiger partial charge in [-0.25, -0.2) is 0 Å². The molecule has 150 valence electrons. The summed E-state index contributed by atoms with van der Waals surface area (Å²) in [6.07, 6.45) is 2.30. The Labute approximate surface area is 175 Å². The second-order valence-electron chi connectivity index (χ2n) is 6.92. The van der Waals surface area contributed by atoms with Crippen molar-refractivity contribution in [3.8, 4) is 11.5 Å². The summed E-state index contributed by atoms with van der Waals surface area (Å²) in [5.41, 5.74) is 6.28. The molecule has 4 nitrogen and oxygen atoms in total. The summed E-state index contributed by atoms with van der Waals surface area (Å²) in [6.45, 7) is 5.53. The van der Waals surface area contributed by atoms with Crippen molar-refractivity contribution in [3.63, 3.8) is 0 Å². The van der Waals surface area contributed by atoms with Crippen LogP contribution in [0.4, 0.5) is 0 Å². The Morgan fingerprint density at radius 3 is 1.78 bits per heavy atom. The minimum Gasteiger partial charge on any atom is -1.00 e. The molecule has 2 N–H and O–H groups in total. The lowest BCUT2D eigenvalue weighted by Crippen LogP contribution is -3.00. The molecule has 0 aliphatic carbocycles. The van der Waals surface area contributed by atoms with Crippen LogP contribution >= 0.6 is 12.4 Å². The van der Waals surface area contributed by atoms with Gasteiger partial charge in [0.1, 0.15) is 37.8 Å². The molecule has 0 radical (unpaired) electrons. The number of hydrogen-bond acceptors (Lipinski definition) is 3. The Hall–Kier alpha value is -1.46. The minimum atomic E-state index is 0. The lowest BCUT2D eigenvalue weighted by atomic mass is 10.0. The number of likely N-dealkylation sites (tertiary alicyclic amines) is 1. The van der Waals surface area contributed by atoms with Crippen LogP contribution in [0, 0.1) is 0 Å². The fourth-order valence-electron chi connectivity index (χ4n) is 3.63. The Bertz CT molecular complexity index is 583. The van der Waals surface area contributed by atoms with E-state index in [1.54, 1.807) is 0 Å². The molecule has 1 aliphatic heterocycles. The highest BCUT2D eigenvalue weighted by atomic mass is 35.5. The van der Waals surface area contributed by atoms with Crippen molar-refractivity contribution in [1.82, 2.24) is 0 Å². The second-order valence-corrected chi connectivity index (χ2v) is 6.92. The van der Waals surface area contributed by atoms with E-state index >= 15 is 0 Å². The molecule has 1 fully saturated rings. The summed E-state index contributed by atoms with van der Waals surface area (Å²) in [4.78, 5) is 0. The average Bonchev–Trinajstić information content (AvgIpc) is 2.64. The molecule has 0 bridgehead atoms. The molecule has 27 heavy (non-hydrogen) atoms. The van der Waals surface area contributed by atoms with Crippen LogP contribution in [0.1, 0.15) is 12.8 Å². The quantitative estimate of drug-likeness (QED) is 0.642. The first-order valence-electron chi connectivity index (χ1n) is 9.22. The van der Waals surface area contributed by atoms with Crippen LogP contribution < -0.4 is 27.6 Å². The first kappa shape index (κ1) is 23.6. The van der Waals surface area contributed by atoms with E-state index in [0.717, 1.165) is 48.6 Å². The van der Waals surface area contributed by atoms with Crippen molar-refractivity contribution in [1.29, 1.82) is 0 Å². The van der Waals surface area contributed by atoms with Crippen molar-refractivity contribution < 1.29 is 26.4 Å². The predicted molar refractivity (Wildman–Crippen MR) is 108 cm³/mol. The molecule has 0 aromatic heterocycles. The number of para-hydroxylation sites is 2. The number of piperidine rings is 1. The summed E-state index contributed by atoms with van der Waals surface area (Å²) in [6, 6.07) is 20.3. The standard InChI is InChI=1S/C21H29N2O2.2ClH/c22-19-8-7-13-23(18-19,14-16-24-20-9-3-1-4-10-20)15-17-25-21-11-5-2-6-12-21;;/h1-6,9-12,19H,7-8,13-18,22H2;2*1H/q+1;;/p-1/t19-;;/m0../s1. The minimum absolute atomic E-state index is 0. The van der Waals surface area contributed by atoms with Crippen molar-refractivity contribution in [2.75, 3.05) is 39.4 Å². The van der Waals surface area contributed by atoms with E-state index < -0.39 is 0 Å². The number of nitrogens with two attached hydrogens (primary N) is 1. The van der Waals surface area contributed by atoms with E-state index in [-0.39, 0.29) is 30.9 Å². The largest absolute Gasteiger partial charge is 1.00 e. The maximum Gasteiger partial charge on any atom is 0.137 e. The molecule has 1 aliphatic rings. The highest BCUT2D eigenvalue weighted by molar-refractivity contribution is 5.85. The maximum atomic E-state index is 6.28. The molecule has 0 spiro atoms. The van der Waals surface area contributed by atoms with Crippen molar-refractivity contribution in [2.45, 2.75) is 18.9 Å². The van der Waals surface area contributed by atoms with Crippen LogP contribution in [-0.2, 0) is 0 Å². The third kappa shape index (κ3) is 7.59. The Morgan fingerprint density at radius 1 is 0.852 bits per heavy atom. The van der Waals surface area contributed by atoms with E-state index in [9.17, 15) is 0 Å². The van der Waals surface area contributed by atoms with E-state index in [4.69, 9.17) is 15.2 Å². The molecule has 6 heteroatoms. The third-order valence-electron chi connectivity index (χ3n) is 4.98. The van der Waals surface area contributed by atoms with E-state index in [1.165, 1.54) is 6.42 Å². The van der Waals surface area contributed by atoms with Crippen LogP contribution in [0.2, 0.25) is 0 Å². The molecular formula is C21H30Cl2N2O2. The zero-order valence-corrected chi connectivity index (χ0v) is 17.2. The van der Waals surface area contributed by atoms with Gasteiger partial charge in [0.2, 0.25) is 0 Å². The Kier molecular flexibility index (Phi) is 10.6. The summed E-state index contributed by atoms with van der Waals surface area (Å²) < 4.78 is 12.9. The van der Waals surface area contributed by atoms with Gasteiger partial charge in [0.25, 0.3) is 0 Å². The van der Waals surface area contributed by atoms with Crippen molar-refractivity contribution >= 4 is 12.4 Å². The molecule has 0 unspecified atom stereocenters. The zero-order chi connectivity index (χ0) is 17.4. The summed E-state index contributed by atoms with van der Waals surface area (Å²) in [7, 11) is 0. The molecule has 3 rings (SSSR count). The first-order chi connectivity index (χ1) is 12.3. The van der Waals surface area contributed by atoms with Crippen LogP contribution in [-0.4, -0.2) is 49.9 Å². The molecule has 2 aromatic carbocycles. The topological polar surface area (TPSA) is 44.5 Å². The van der Waals surface area contributed by atoms with Crippen LogP contribution in [0.5, 0.6) is 11.5 Å². The maximum absolute atomic E-state index is 6.28. The molecule has 2 aromatic rings. The molecule has 0 saturated carbocycles. The van der Waals surface area contributed by atoms with Gasteiger partial charge < -0.3 is 32.1 Å². The Morgan fingerprint density at radius 2 is 1.33 bits per heavy atom. The highest BCUT2D eigenvalue weighted by Crippen LogP contribution is 2.19. The lowest BCUT2D eigenvalue weighted by Gasteiger charge is -2.43. The third-order valence-corrected chi connectivity index (χ3v) is 4.98. The molecule has 1 heterocycles. The number of benzene rings is 2. The second kappa shape index (κ2) is 12.1. The van der Waals surface area contributed by atoms with Gasteiger partial charge in [-0.3, -0.25) is 0 Å². The number of hydrogen-bond donors (Lipinski definition) is 1.